The van der Waals surface area contributed by atoms with Gasteiger partial charge in [0.2, 0.25) is 0 Å². The molecule has 1 heterocycles. The quantitative estimate of drug-likeness (QED) is 0.418. The van der Waals surface area contributed by atoms with Crippen molar-refractivity contribution >= 4 is 16.7 Å². The van der Waals surface area contributed by atoms with Crippen molar-refractivity contribution < 1.29 is 9.47 Å². The molecular weight excluding hydrogens is 326 g/mol. The fraction of sp³-hybridized carbons (Fsp3) is 0.238. The lowest BCUT2D eigenvalue weighted by molar-refractivity contribution is -0.106. The molecule has 0 aliphatic rings. The molecule has 2 aromatic carbocycles. The second-order valence-corrected chi connectivity index (χ2v) is 5.61. The Bertz CT molecular complexity index is 922. The number of ether oxygens (including phenoxy) is 2. The van der Waals surface area contributed by atoms with E-state index in [1.165, 1.54) is 0 Å². The van der Waals surface area contributed by atoms with Crippen LogP contribution in [0, 0.1) is 11.8 Å². The first-order chi connectivity index (χ1) is 12.8. The van der Waals surface area contributed by atoms with Gasteiger partial charge >= 0.3 is 0 Å². The van der Waals surface area contributed by atoms with Crippen molar-refractivity contribution in [1.29, 1.82) is 0 Å². The van der Waals surface area contributed by atoms with Gasteiger partial charge in [-0.15, -0.1) is 0 Å². The molecule has 0 bridgehead atoms. The first kappa shape index (κ1) is 17.9. The van der Waals surface area contributed by atoms with Crippen molar-refractivity contribution in [1.82, 2.24) is 9.97 Å². The van der Waals surface area contributed by atoms with Gasteiger partial charge in [-0.2, -0.15) is 0 Å². The van der Waals surface area contributed by atoms with Crippen LogP contribution in [0.25, 0.3) is 10.9 Å². The smallest absolute Gasteiger partial charge is 0.184 e. The summed E-state index contributed by atoms with van der Waals surface area (Å²) < 4.78 is 10.7. The zero-order chi connectivity index (χ0) is 18.2. The van der Waals surface area contributed by atoms with Crippen LogP contribution in [0.1, 0.15) is 23.8 Å². The van der Waals surface area contributed by atoms with E-state index in [-0.39, 0.29) is 0 Å². The third-order valence-corrected chi connectivity index (χ3v) is 3.95. The number of nitrogens with one attached hydrogen (secondary N) is 1. The summed E-state index contributed by atoms with van der Waals surface area (Å²) in [5, 5.41) is 4.34. The molecular formula is C21H21N3O2. The van der Waals surface area contributed by atoms with Crippen LogP contribution in [0.15, 0.2) is 54.9 Å². The van der Waals surface area contributed by atoms with E-state index in [4.69, 9.17) is 9.47 Å². The SMILES string of the molecule is COC(OC)c1ccccc1C#CCCNc1ncnc2ccccc12. The molecule has 0 saturated carbocycles. The molecule has 0 radical (unpaired) electrons. The summed E-state index contributed by atoms with van der Waals surface area (Å²) in [6, 6.07) is 15.8. The number of methoxy groups -OCH3 is 2. The minimum Gasteiger partial charge on any atom is -0.368 e. The average Bonchev–Trinajstić information content (AvgIpc) is 2.70. The summed E-state index contributed by atoms with van der Waals surface area (Å²) in [5.41, 5.74) is 2.77. The first-order valence-corrected chi connectivity index (χ1v) is 8.40. The van der Waals surface area contributed by atoms with E-state index in [1.54, 1.807) is 20.5 Å². The number of hydrogen-bond donors (Lipinski definition) is 1. The van der Waals surface area contributed by atoms with Crippen LogP contribution in [0.3, 0.4) is 0 Å². The van der Waals surface area contributed by atoms with E-state index in [0.29, 0.717) is 13.0 Å². The highest BCUT2D eigenvalue weighted by Gasteiger charge is 2.11. The van der Waals surface area contributed by atoms with E-state index in [9.17, 15) is 0 Å². The highest BCUT2D eigenvalue weighted by molar-refractivity contribution is 5.88. The van der Waals surface area contributed by atoms with Crippen molar-refractivity contribution in [3.63, 3.8) is 0 Å². The molecule has 1 aromatic heterocycles. The standard InChI is InChI=1S/C21H21N3O2/c1-25-21(26-2)17-11-4-3-9-16(17)10-7-8-14-22-20-18-12-5-6-13-19(18)23-15-24-20/h3-6,9,11-13,15,21H,8,14H2,1-2H3,(H,22,23,24). The molecule has 0 saturated heterocycles. The number of nitrogens with zero attached hydrogens (tertiary/aromatic N) is 2. The fourth-order valence-electron chi connectivity index (χ4n) is 2.71. The van der Waals surface area contributed by atoms with Crippen molar-refractivity contribution in [3.05, 3.63) is 66.0 Å². The van der Waals surface area contributed by atoms with E-state index in [2.05, 4.69) is 27.1 Å². The Morgan fingerprint density at radius 1 is 1.00 bits per heavy atom. The Hall–Kier alpha value is -2.94. The highest BCUT2D eigenvalue weighted by Crippen LogP contribution is 2.21. The third kappa shape index (κ3) is 4.17. The Morgan fingerprint density at radius 2 is 1.77 bits per heavy atom. The van der Waals surface area contributed by atoms with Gasteiger partial charge in [-0.25, -0.2) is 9.97 Å². The lowest BCUT2D eigenvalue weighted by Crippen LogP contribution is -2.06. The lowest BCUT2D eigenvalue weighted by Gasteiger charge is -2.15. The monoisotopic (exact) mass is 347 g/mol. The summed E-state index contributed by atoms with van der Waals surface area (Å²) in [6.45, 7) is 0.703. The molecule has 0 spiro atoms. The van der Waals surface area contributed by atoms with Gasteiger partial charge in [-0.3, -0.25) is 0 Å². The third-order valence-electron chi connectivity index (χ3n) is 3.95. The number of rotatable bonds is 6. The van der Waals surface area contributed by atoms with Gasteiger partial charge < -0.3 is 14.8 Å². The Morgan fingerprint density at radius 3 is 2.62 bits per heavy atom. The Kier molecular flexibility index (Phi) is 6.15. The molecule has 0 fully saturated rings. The number of aromatic nitrogens is 2. The summed E-state index contributed by atoms with van der Waals surface area (Å²) >= 11 is 0. The molecule has 0 aliphatic heterocycles. The number of para-hydroxylation sites is 1. The summed E-state index contributed by atoms with van der Waals surface area (Å²) in [5.74, 6) is 7.23. The molecule has 1 N–H and O–H groups in total. The van der Waals surface area contributed by atoms with Crippen LogP contribution in [0.5, 0.6) is 0 Å². The van der Waals surface area contributed by atoms with E-state index in [0.717, 1.165) is 27.8 Å². The second kappa shape index (κ2) is 8.95. The first-order valence-electron chi connectivity index (χ1n) is 8.40. The van der Waals surface area contributed by atoms with Crippen molar-refractivity contribution in [3.8, 4) is 11.8 Å². The minimum absolute atomic E-state index is 0.411. The van der Waals surface area contributed by atoms with Crippen LogP contribution in [-0.2, 0) is 9.47 Å². The number of anilines is 1. The van der Waals surface area contributed by atoms with E-state index < -0.39 is 6.29 Å². The predicted molar refractivity (Wildman–Crippen MR) is 103 cm³/mol. The molecule has 132 valence electrons. The number of benzene rings is 2. The summed E-state index contributed by atoms with van der Waals surface area (Å²) in [7, 11) is 3.24. The molecule has 0 aliphatic carbocycles. The molecule has 3 rings (SSSR count). The topological polar surface area (TPSA) is 56.3 Å². The van der Waals surface area contributed by atoms with Crippen LogP contribution >= 0.6 is 0 Å². The fourth-order valence-corrected chi connectivity index (χ4v) is 2.71. The summed E-state index contributed by atoms with van der Waals surface area (Å²) in [4.78, 5) is 8.58. The van der Waals surface area contributed by atoms with Crippen molar-refractivity contribution in [2.24, 2.45) is 0 Å². The van der Waals surface area contributed by atoms with Gasteiger partial charge in [0, 0.05) is 43.7 Å². The zero-order valence-electron chi connectivity index (χ0n) is 14.9. The second-order valence-electron chi connectivity index (χ2n) is 5.61. The molecule has 3 aromatic rings. The molecule has 5 nitrogen and oxygen atoms in total. The molecule has 5 heteroatoms. The number of hydrogen-bond acceptors (Lipinski definition) is 5. The molecule has 0 atom stereocenters. The van der Waals surface area contributed by atoms with Crippen LogP contribution < -0.4 is 5.32 Å². The normalized spacial score (nSPS) is 10.6. The van der Waals surface area contributed by atoms with E-state index in [1.807, 2.05) is 48.5 Å². The Labute approximate surface area is 153 Å². The van der Waals surface area contributed by atoms with E-state index >= 15 is 0 Å². The maximum absolute atomic E-state index is 5.34. The van der Waals surface area contributed by atoms with Crippen LogP contribution in [0.4, 0.5) is 5.82 Å². The average molecular weight is 347 g/mol. The predicted octanol–water partition coefficient (Wildman–Crippen LogP) is 3.77. The van der Waals surface area contributed by atoms with Gasteiger partial charge in [0.15, 0.2) is 6.29 Å². The van der Waals surface area contributed by atoms with Gasteiger partial charge in [0.1, 0.15) is 12.1 Å². The van der Waals surface area contributed by atoms with Crippen LogP contribution in [0.2, 0.25) is 0 Å². The van der Waals surface area contributed by atoms with Crippen molar-refractivity contribution in [2.45, 2.75) is 12.7 Å². The summed E-state index contributed by atoms with van der Waals surface area (Å²) in [6.07, 6.45) is 1.85. The minimum atomic E-state index is -0.411. The maximum Gasteiger partial charge on any atom is 0.184 e. The highest BCUT2D eigenvalue weighted by atomic mass is 16.7. The number of fused-ring (bicyclic) bond motifs is 1. The maximum atomic E-state index is 5.34. The van der Waals surface area contributed by atoms with Gasteiger partial charge in [-0.05, 0) is 18.2 Å². The largest absolute Gasteiger partial charge is 0.368 e. The lowest BCUT2D eigenvalue weighted by atomic mass is 10.1. The molecule has 26 heavy (non-hydrogen) atoms. The zero-order valence-corrected chi connectivity index (χ0v) is 14.9. The van der Waals surface area contributed by atoms with Gasteiger partial charge in [-0.1, -0.05) is 42.2 Å². The molecule has 0 amide bonds. The van der Waals surface area contributed by atoms with Gasteiger partial charge in [0.25, 0.3) is 0 Å². The van der Waals surface area contributed by atoms with Crippen LogP contribution in [-0.4, -0.2) is 30.7 Å². The molecule has 0 unspecified atom stereocenters. The van der Waals surface area contributed by atoms with Crippen molar-refractivity contribution in [2.75, 3.05) is 26.1 Å². The Balaban J connectivity index is 1.65. The van der Waals surface area contributed by atoms with Gasteiger partial charge in [0.05, 0.1) is 5.52 Å².